The number of halogens is 1. The SMILES string of the molecule is CC(C)/C(=N\O)Oc1c(-c2ccccc2)c(=O)[nH]c2cc(Cl)ccc12. The quantitative estimate of drug-likeness (QED) is 0.310. The van der Waals surface area contributed by atoms with Gasteiger partial charge in [-0.3, -0.25) is 4.79 Å². The maximum absolute atomic E-state index is 12.7. The molecule has 0 saturated carbocycles. The van der Waals surface area contributed by atoms with Crippen LogP contribution >= 0.6 is 11.6 Å². The first-order valence-electron chi connectivity index (χ1n) is 7.82. The van der Waals surface area contributed by atoms with Gasteiger partial charge in [0.1, 0.15) is 0 Å². The van der Waals surface area contributed by atoms with E-state index in [1.807, 2.05) is 44.2 Å². The van der Waals surface area contributed by atoms with E-state index >= 15 is 0 Å². The molecule has 0 aliphatic rings. The van der Waals surface area contributed by atoms with Crippen molar-refractivity contribution in [3.8, 4) is 16.9 Å². The van der Waals surface area contributed by atoms with Crippen LogP contribution in [0.15, 0.2) is 58.5 Å². The van der Waals surface area contributed by atoms with Gasteiger partial charge in [-0.05, 0) is 23.8 Å². The molecule has 0 saturated heterocycles. The molecule has 3 rings (SSSR count). The highest BCUT2D eigenvalue weighted by Gasteiger charge is 2.20. The molecule has 6 heteroatoms. The average molecular weight is 357 g/mol. The Labute approximate surface area is 149 Å². The van der Waals surface area contributed by atoms with Crippen molar-refractivity contribution in [3.63, 3.8) is 0 Å². The van der Waals surface area contributed by atoms with Crippen molar-refractivity contribution in [1.82, 2.24) is 4.98 Å². The molecule has 0 aliphatic heterocycles. The summed E-state index contributed by atoms with van der Waals surface area (Å²) in [6, 6.07) is 14.3. The number of nitrogens with zero attached hydrogens (tertiary/aromatic N) is 1. The van der Waals surface area contributed by atoms with Crippen LogP contribution in [0.5, 0.6) is 5.75 Å². The van der Waals surface area contributed by atoms with Gasteiger partial charge < -0.3 is 14.9 Å². The first-order valence-corrected chi connectivity index (χ1v) is 8.20. The lowest BCUT2D eigenvalue weighted by molar-refractivity contribution is 0.297. The highest BCUT2D eigenvalue weighted by Crippen LogP contribution is 2.34. The number of H-pyrrole nitrogens is 1. The third-order valence-corrected chi connectivity index (χ3v) is 4.03. The molecule has 0 radical (unpaired) electrons. The van der Waals surface area contributed by atoms with Crippen molar-refractivity contribution in [1.29, 1.82) is 0 Å². The molecular weight excluding hydrogens is 340 g/mol. The van der Waals surface area contributed by atoms with E-state index in [4.69, 9.17) is 16.3 Å². The molecule has 1 heterocycles. The summed E-state index contributed by atoms with van der Waals surface area (Å²) in [5, 5.41) is 13.7. The highest BCUT2D eigenvalue weighted by molar-refractivity contribution is 6.31. The fraction of sp³-hybridized carbons (Fsp3) is 0.158. The molecule has 1 aromatic heterocycles. The van der Waals surface area contributed by atoms with Crippen LogP contribution in [-0.2, 0) is 0 Å². The standard InChI is InChI=1S/C19H17ClN2O3/c1-11(2)19(22-24)25-17-14-9-8-13(20)10-15(14)21-18(23)16(17)12-6-4-3-5-7-12/h3-11,24H,1-2H3,(H,21,23)/b22-19+. The third-order valence-electron chi connectivity index (χ3n) is 3.79. The molecule has 0 fully saturated rings. The average Bonchev–Trinajstić information content (AvgIpc) is 2.59. The van der Waals surface area contributed by atoms with Crippen LogP contribution in [0.1, 0.15) is 13.8 Å². The molecule has 2 N–H and O–H groups in total. The van der Waals surface area contributed by atoms with Gasteiger partial charge in [-0.1, -0.05) is 60.9 Å². The zero-order valence-corrected chi connectivity index (χ0v) is 14.5. The van der Waals surface area contributed by atoms with E-state index in [1.165, 1.54) is 0 Å². The van der Waals surface area contributed by atoms with Crippen molar-refractivity contribution in [3.05, 3.63) is 63.9 Å². The second-order valence-electron chi connectivity index (χ2n) is 5.91. The Hall–Kier alpha value is -2.79. The number of aromatic amines is 1. The first-order chi connectivity index (χ1) is 12.0. The Morgan fingerprint density at radius 2 is 1.92 bits per heavy atom. The number of pyridine rings is 1. The van der Waals surface area contributed by atoms with Gasteiger partial charge in [0, 0.05) is 16.3 Å². The van der Waals surface area contributed by atoms with Crippen molar-refractivity contribution < 1.29 is 9.94 Å². The predicted octanol–water partition coefficient (Wildman–Crippen LogP) is 4.67. The Bertz CT molecular complexity index is 995. The third kappa shape index (κ3) is 3.37. The van der Waals surface area contributed by atoms with E-state index in [-0.39, 0.29) is 17.4 Å². The second-order valence-corrected chi connectivity index (χ2v) is 6.35. The molecule has 0 aliphatic carbocycles. The van der Waals surface area contributed by atoms with E-state index in [9.17, 15) is 10.0 Å². The summed E-state index contributed by atoms with van der Waals surface area (Å²) in [5.41, 5.74) is 1.32. The van der Waals surface area contributed by atoms with Crippen molar-refractivity contribution in [2.24, 2.45) is 11.1 Å². The molecule has 0 unspecified atom stereocenters. The summed E-state index contributed by atoms with van der Waals surface area (Å²) in [4.78, 5) is 15.6. The van der Waals surface area contributed by atoms with E-state index < -0.39 is 0 Å². The molecular formula is C19H17ClN2O3. The first kappa shape index (κ1) is 17.0. The van der Waals surface area contributed by atoms with Crippen molar-refractivity contribution in [2.45, 2.75) is 13.8 Å². The van der Waals surface area contributed by atoms with E-state index in [0.29, 0.717) is 32.8 Å². The second kappa shape index (κ2) is 6.99. The fourth-order valence-electron chi connectivity index (χ4n) is 2.57. The van der Waals surface area contributed by atoms with Gasteiger partial charge in [-0.15, -0.1) is 0 Å². The number of oxime groups is 1. The van der Waals surface area contributed by atoms with Gasteiger partial charge in [0.25, 0.3) is 5.56 Å². The van der Waals surface area contributed by atoms with Gasteiger partial charge >= 0.3 is 0 Å². The Balaban J connectivity index is 2.34. The van der Waals surface area contributed by atoms with Crippen LogP contribution in [0.3, 0.4) is 0 Å². The predicted molar refractivity (Wildman–Crippen MR) is 99.7 cm³/mol. The maximum atomic E-state index is 12.7. The van der Waals surface area contributed by atoms with Gasteiger partial charge in [0.15, 0.2) is 5.75 Å². The number of nitrogens with one attached hydrogen (secondary N) is 1. The van der Waals surface area contributed by atoms with Crippen LogP contribution < -0.4 is 10.3 Å². The Kier molecular flexibility index (Phi) is 4.76. The summed E-state index contributed by atoms with van der Waals surface area (Å²) in [5.74, 6) is 0.303. The van der Waals surface area contributed by atoms with Gasteiger partial charge in [-0.25, -0.2) is 0 Å². The maximum Gasteiger partial charge on any atom is 0.260 e. The van der Waals surface area contributed by atoms with Crippen molar-refractivity contribution >= 4 is 28.4 Å². The normalized spacial score (nSPS) is 11.9. The van der Waals surface area contributed by atoms with Crippen LogP contribution in [0.2, 0.25) is 5.02 Å². The zero-order valence-electron chi connectivity index (χ0n) is 13.8. The summed E-state index contributed by atoms with van der Waals surface area (Å²) < 4.78 is 5.88. The lowest BCUT2D eigenvalue weighted by Crippen LogP contribution is -2.19. The molecule has 2 aromatic carbocycles. The lowest BCUT2D eigenvalue weighted by atomic mass is 10.0. The summed E-state index contributed by atoms with van der Waals surface area (Å²) in [7, 11) is 0. The monoisotopic (exact) mass is 356 g/mol. The number of benzene rings is 2. The molecule has 0 spiro atoms. The lowest BCUT2D eigenvalue weighted by Gasteiger charge is -2.16. The molecule has 0 bridgehead atoms. The smallest absolute Gasteiger partial charge is 0.260 e. The molecule has 5 nitrogen and oxygen atoms in total. The molecule has 3 aromatic rings. The largest absolute Gasteiger partial charge is 0.438 e. The van der Waals surface area contributed by atoms with E-state index in [0.717, 1.165) is 0 Å². The van der Waals surface area contributed by atoms with Crippen LogP contribution in [0.25, 0.3) is 22.0 Å². The van der Waals surface area contributed by atoms with E-state index in [1.54, 1.807) is 18.2 Å². The highest BCUT2D eigenvalue weighted by atomic mass is 35.5. The number of rotatable bonds is 3. The van der Waals surface area contributed by atoms with Gasteiger partial charge in [0.2, 0.25) is 5.90 Å². The summed E-state index contributed by atoms with van der Waals surface area (Å²) in [6.45, 7) is 3.67. The number of aromatic nitrogens is 1. The molecule has 128 valence electrons. The van der Waals surface area contributed by atoms with Crippen LogP contribution in [0, 0.1) is 5.92 Å². The molecule has 0 atom stereocenters. The van der Waals surface area contributed by atoms with E-state index in [2.05, 4.69) is 10.1 Å². The molecule has 0 amide bonds. The topological polar surface area (TPSA) is 74.7 Å². The van der Waals surface area contributed by atoms with Crippen LogP contribution in [-0.4, -0.2) is 16.1 Å². The number of ether oxygens (including phenoxy) is 1. The minimum absolute atomic E-state index is 0.124. The molecule has 25 heavy (non-hydrogen) atoms. The zero-order chi connectivity index (χ0) is 18.0. The number of fused-ring (bicyclic) bond motifs is 1. The van der Waals surface area contributed by atoms with Crippen molar-refractivity contribution in [2.75, 3.05) is 0 Å². The Morgan fingerprint density at radius 3 is 2.56 bits per heavy atom. The minimum atomic E-state index is -0.308. The van der Waals surface area contributed by atoms with Gasteiger partial charge in [-0.2, -0.15) is 0 Å². The Morgan fingerprint density at radius 1 is 1.20 bits per heavy atom. The fourth-order valence-corrected chi connectivity index (χ4v) is 2.74. The van der Waals surface area contributed by atoms with Crippen LogP contribution in [0.4, 0.5) is 0 Å². The number of hydrogen-bond acceptors (Lipinski definition) is 4. The van der Waals surface area contributed by atoms with Gasteiger partial charge in [0.05, 0.1) is 11.1 Å². The summed E-state index contributed by atoms with van der Waals surface area (Å²) in [6.07, 6.45) is 0. The number of hydrogen-bond donors (Lipinski definition) is 2. The summed E-state index contributed by atoms with van der Waals surface area (Å²) >= 11 is 6.04. The minimum Gasteiger partial charge on any atom is -0.438 e.